The first kappa shape index (κ1) is 22.9. The van der Waals surface area contributed by atoms with Gasteiger partial charge in [-0.15, -0.1) is 0 Å². The van der Waals surface area contributed by atoms with Gasteiger partial charge in [-0.05, 0) is 37.1 Å². The number of pyridine rings is 2. The Morgan fingerprint density at radius 3 is 2.80 bits per heavy atom. The van der Waals surface area contributed by atoms with Crippen LogP contribution in [-0.4, -0.2) is 42.5 Å². The molecule has 0 unspecified atom stereocenters. The molecule has 180 valence electrons. The predicted molar refractivity (Wildman–Crippen MR) is 129 cm³/mol. The smallest absolute Gasteiger partial charge is 0.260 e. The number of aliphatic hydroxyl groups excluding tert-OH is 1. The maximum atomic E-state index is 15.0. The Labute approximate surface area is 201 Å². The van der Waals surface area contributed by atoms with Crippen LogP contribution in [-0.2, 0) is 13.6 Å². The molecule has 0 spiro atoms. The minimum atomic E-state index is -0.607. The van der Waals surface area contributed by atoms with Gasteiger partial charge in [0.15, 0.2) is 0 Å². The highest BCUT2D eigenvalue weighted by atomic mass is 19.1. The van der Waals surface area contributed by atoms with E-state index in [4.69, 9.17) is 0 Å². The number of rotatable bonds is 5. The number of aliphatic hydroxyl groups is 1. The van der Waals surface area contributed by atoms with Gasteiger partial charge >= 0.3 is 0 Å². The van der Waals surface area contributed by atoms with Gasteiger partial charge in [-0.1, -0.05) is 25.0 Å². The monoisotopic (exact) mass is 475 g/mol. The lowest BCUT2D eigenvalue weighted by Gasteiger charge is -2.28. The van der Waals surface area contributed by atoms with E-state index in [2.05, 4.69) is 15.4 Å². The van der Waals surface area contributed by atoms with Crippen molar-refractivity contribution in [3.8, 4) is 11.3 Å². The summed E-state index contributed by atoms with van der Waals surface area (Å²) < 4.78 is 18.0. The van der Waals surface area contributed by atoms with Crippen molar-refractivity contribution < 1.29 is 14.3 Å². The van der Waals surface area contributed by atoms with Crippen molar-refractivity contribution in [3.63, 3.8) is 0 Å². The summed E-state index contributed by atoms with van der Waals surface area (Å²) in [5, 5.41) is 17.7. The molecule has 3 aromatic heterocycles. The summed E-state index contributed by atoms with van der Waals surface area (Å²) in [4.78, 5) is 30.6. The van der Waals surface area contributed by atoms with Crippen molar-refractivity contribution in [1.82, 2.24) is 24.6 Å². The van der Waals surface area contributed by atoms with E-state index in [0.29, 0.717) is 29.7 Å². The fourth-order valence-corrected chi connectivity index (χ4v) is 4.62. The van der Waals surface area contributed by atoms with Crippen LogP contribution in [0.2, 0.25) is 0 Å². The van der Waals surface area contributed by atoms with E-state index in [-0.39, 0.29) is 34.6 Å². The van der Waals surface area contributed by atoms with Crippen molar-refractivity contribution in [1.29, 1.82) is 0 Å². The molecule has 1 amide bonds. The van der Waals surface area contributed by atoms with Crippen LogP contribution in [0, 0.1) is 5.82 Å². The molecule has 0 radical (unpaired) electrons. The number of carbonyl (C=O) groups excluding carboxylic acids is 1. The van der Waals surface area contributed by atoms with Crippen LogP contribution >= 0.6 is 0 Å². The molecule has 4 aromatic rings. The van der Waals surface area contributed by atoms with Gasteiger partial charge in [0.05, 0.1) is 40.9 Å². The van der Waals surface area contributed by atoms with Gasteiger partial charge in [0.1, 0.15) is 5.82 Å². The summed E-state index contributed by atoms with van der Waals surface area (Å²) in [6.45, 7) is -0.0513. The molecule has 2 atom stereocenters. The zero-order valence-corrected chi connectivity index (χ0v) is 19.3. The lowest BCUT2D eigenvalue weighted by molar-refractivity contribution is 0.0718. The first-order chi connectivity index (χ1) is 16.9. The van der Waals surface area contributed by atoms with Gasteiger partial charge in [-0.2, -0.15) is 5.10 Å². The fourth-order valence-electron chi connectivity index (χ4n) is 4.62. The van der Waals surface area contributed by atoms with E-state index in [1.807, 2.05) is 0 Å². The summed E-state index contributed by atoms with van der Waals surface area (Å²) in [5.74, 6) is -0.887. The van der Waals surface area contributed by atoms with Crippen LogP contribution in [0.3, 0.4) is 0 Å². The van der Waals surface area contributed by atoms with E-state index >= 15 is 4.39 Å². The van der Waals surface area contributed by atoms with Crippen LogP contribution in [0.1, 0.15) is 41.6 Å². The number of carbonyl (C=O) groups is 1. The third-order valence-electron chi connectivity index (χ3n) is 6.53. The Hall–Kier alpha value is -3.85. The average Bonchev–Trinajstić information content (AvgIpc) is 3.29. The summed E-state index contributed by atoms with van der Waals surface area (Å²) in [5.41, 5.74) is 1.72. The van der Waals surface area contributed by atoms with Gasteiger partial charge < -0.3 is 15.0 Å². The van der Waals surface area contributed by atoms with Crippen LogP contribution in [0.4, 0.5) is 4.39 Å². The summed E-state index contributed by atoms with van der Waals surface area (Å²) in [7, 11) is 1.79. The first-order valence-electron chi connectivity index (χ1n) is 11.7. The molecule has 8 nitrogen and oxygen atoms in total. The van der Waals surface area contributed by atoms with Gasteiger partial charge in [-0.3, -0.25) is 19.3 Å². The van der Waals surface area contributed by atoms with Gasteiger partial charge in [0, 0.05) is 36.8 Å². The third-order valence-corrected chi connectivity index (χ3v) is 6.53. The van der Waals surface area contributed by atoms with Gasteiger partial charge in [-0.25, -0.2) is 4.39 Å². The predicted octanol–water partition coefficient (Wildman–Crippen LogP) is 3.02. The lowest BCUT2D eigenvalue weighted by atomic mass is 9.92. The number of nitrogens with one attached hydrogen (secondary N) is 1. The number of aromatic nitrogens is 4. The first-order valence-corrected chi connectivity index (χ1v) is 11.7. The normalized spacial score (nSPS) is 18.0. The Kier molecular flexibility index (Phi) is 6.17. The summed E-state index contributed by atoms with van der Waals surface area (Å²) in [6, 6.07) is 9.44. The number of benzene rings is 1. The molecule has 1 aromatic carbocycles. The molecule has 3 heterocycles. The number of halogens is 1. The Morgan fingerprint density at radius 1 is 1.23 bits per heavy atom. The van der Waals surface area contributed by atoms with Crippen LogP contribution < -0.4 is 10.9 Å². The molecule has 1 aliphatic carbocycles. The number of aryl methyl sites for hydroxylation is 1. The third kappa shape index (κ3) is 4.59. The Balaban J connectivity index is 1.49. The van der Waals surface area contributed by atoms with Crippen LogP contribution in [0.15, 0.2) is 59.8 Å². The minimum absolute atomic E-state index is 0.0513. The number of hydrogen-bond donors (Lipinski definition) is 2. The number of nitrogens with zero attached hydrogens (tertiary/aromatic N) is 4. The number of fused-ring (bicyclic) bond motifs is 1. The summed E-state index contributed by atoms with van der Waals surface area (Å²) in [6.07, 6.45) is 7.29. The largest absolute Gasteiger partial charge is 0.391 e. The number of amides is 1. The molecule has 5 rings (SSSR count). The quantitative estimate of drug-likeness (QED) is 0.462. The van der Waals surface area contributed by atoms with Crippen molar-refractivity contribution in [2.75, 3.05) is 0 Å². The van der Waals surface area contributed by atoms with Crippen LogP contribution in [0.5, 0.6) is 0 Å². The second-order valence-electron chi connectivity index (χ2n) is 8.99. The standard InChI is InChI=1S/C26H26FN5O3/c1-31-12-10-21(30-31)16-8-9-17(20(27)13-16)14-32-15-19(24-18(26(32)35)5-4-11-28-24)25(34)29-22-6-2-3-7-23(22)33/h4-5,8-13,15,22-23,33H,2-3,6-7,14H2,1H3,(H,29,34)/t22-,23-/m0/s1. The SMILES string of the molecule is Cn1ccc(-c2ccc(Cn3cc(C(=O)N[C@H]4CCCC[C@@H]4O)c4ncccc4c3=O)c(F)c2)n1. The molecule has 0 aliphatic heterocycles. The molecule has 2 N–H and O–H groups in total. The molecule has 1 aliphatic rings. The van der Waals surface area contributed by atoms with Crippen molar-refractivity contribution in [2.45, 2.75) is 44.4 Å². The van der Waals surface area contributed by atoms with E-state index in [0.717, 1.165) is 12.8 Å². The van der Waals surface area contributed by atoms with Crippen molar-refractivity contribution >= 4 is 16.8 Å². The van der Waals surface area contributed by atoms with E-state index in [1.165, 1.54) is 23.0 Å². The summed E-state index contributed by atoms with van der Waals surface area (Å²) >= 11 is 0. The van der Waals surface area contributed by atoms with Crippen molar-refractivity contribution in [3.05, 3.63) is 82.3 Å². The van der Waals surface area contributed by atoms with E-state index in [1.54, 1.807) is 48.3 Å². The Bertz CT molecular complexity index is 1460. The molecular formula is C26H26FN5O3. The molecule has 9 heteroatoms. The molecule has 35 heavy (non-hydrogen) atoms. The highest BCUT2D eigenvalue weighted by Crippen LogP contribution is 2.22. The fraction of sp³-hybridized carbons (Fsp3) is 0.308. The molecule has 0 saturated heterocycles. The maximum absolute atomic E-state index is 15.0. The van der Waals surface area contributed by atoms with Crippen LogP contribution in [0.25, 0.3) is 22.2 Å². The average molecular weight is 476 g/mol. The molecular weight excluding hydrogens is 449 g/mol. The van der Waals surface area contributed by atoms with Crippen molar-refractivity contribution in [2.24, 2.45) is 7.05 Å². The minimum Gasteiger partial charge on any atom is -0.391 e. The Morgan fingerprint density at radius 2 is 2.06 bits per heavy atom. The molecule has 0 bridgehead atoms. The van der Waals surface area contributed by atoms with Gasteiger partial charge in [0.25, 0.3) is 11.5 Å². The zero-order valence-electron chi connectivity index (χ0n) is 19.3. The molecule has 1 fully saturated rings. The second kappa shape index (κ2) is 9.42. The molecule has 1 saturated carbocycles. The second-order valence-corrected chi connectivity index (χ2v) is 8.99. The lowest BCUT2D eigenvalue weighted by Crippen LogP contribution is -2.45. The van der Waals surface area contributed by atoms with E-state index < -0.39 is 17.8 Å². The maximum Gasteiger partial charge on any atom is 0.260 e. The zero-order chi connectivity index (χ0) is 24.5. The van der Waals surface area contributed by atoms with Gasteiger partial charge in [0.2, 0.25) is 0 Å². The topological polar surface area (TPSA) is 102 Å². The highest BCUT2D eigenvalue weighted by Gasteiger charge is 2.26. The number of hydrogen-bond acceptors (Lipinski definition) is 5. The highest BCUT2D eigenvalue weighted by molar-refractivity contribution is 6.05. The van der Waals surface area contributed by atoms with E-state index in [9.17, 15) is 14.7 Å².